The molecule has 0 aliphatic heterocycles. The molecule has 1 amide bonds. The number of hydrogen-bond donors (Lipinski definition) is 0. The molecule has 33 heavy (non-hydrogen) atoms. The highest BCUT2D eigenvalue weighted by Crippen LogP contribution is 2.27. The summed E-state index contributed by atoms with van der Waals surface area (Å²) >= 11 is 0. The molecule has 3 aromatic carbocycles. The molecule has 4 rings (SSSR count). The Labute approximate surface area is 193 Å². The van der Waals surface area contributed by atoms with Crippen LogP contribution < -0.4 is 10.3 Å². The van der Waals surface area contributed by atoms with Gasteiger partial charge in [-0.25, -0.2) is 4.98 Å². The van der Waals surface area contributed by atoms with Gasteiger partial charge in [-0.3, -0.25) is 14.2 Å². The fraction of sp³-hybridized carbons (Fsp3) is 0.222. The summed E-state index contributed by atoms with van der Waals surface area (Å²) in [6.45, 7) is 4.25. The summed E-state index contributed by atoms with van der Waals surface area (Å²) in [6, 6.07) is 23.8. The monoisotopic (exact) mass is 441 g/mol. The average molecular weight is 442 g/mol. The first-order chi connectivity index (χ1) is 16.0. The van der Waals surface area contributed by atoms with Crippen LogP contribution in [0.2, 0.25) is 0 Å². The Bertz CT molecular complexity index is 1330. The van der Waals surface area contributed by atoms with Crippen LogP contribution in [0.3, 0.4) is 0 Å². The Morgan fingerprint density at radius 3 is 2.42 bits per heavy atom. The molecule has 0 saturated heterocycles. The second-order valence-corrected chi connectivity index (χ2v) is 7.87. The Morgan fingerprint density at radius 1 is 1.00 bits per heavy atom. The van der Waals surface area contributed by atoms with Crippen molar-refractivity contribution in [1.82, 2.24) is 14.5 Å². The molecule has 1 atom stereocenters. The van der Waals surface area contributed by atoms with E-state index >= 15 is 0 Å². The Kier molecular flexibility index (Phi) is 6.54. The highest BCUT2D eigenvalue weighted by Gasteiger charge is 2.25. The summed E-state index contributed by atoms with van der Waals surface area (Å²) < 4.78 is 7.39. The van der Waals surface area contributed by atoms with Gasteiger partial charge in [0.15, 0.2) is 0 Å². The Hall–Kier alpha value is -3.93. The number of ether oxygens (including phenoxy) is 1. The van der Waals surface area contributed by atoms with Crippen molar-refractivity contribution in [1.29, 1.82) is 0 Å². The molecule has 0 radical (unpaired) electrons. The predicted molar refractivity (Wildman–Crippen MR) is 130 cm³/mol. The number of nitrogens with zero attached hydrogens (tertiary/aromatic N) is 3. The van der Waals surface area contributed by atoms with Gasteiger partial charge in [-0.1, -0.05) is 54.6 Å². The fourth-order valence-electron chi connectivity index (χ4n) is 3.87. The maximum atomic E-state index is 13.7. The molecule has 4 aromatic rings. The number of aromatic nitrogens is 2. The fourth-order valence-corrected chi connectivity index (χ4v) is 3.87. The lowest BCUT2D eigenvalue weighted by atomic mass is 10.1. The molecule has 0 fully saturated rings. The molecule has 0 aliphatic carbocycles. The van der Waals surface area contributed by atoms with E-state index in [1.54, 1.807) is 22.6 Å². The van der Waals surface area contributed by atoms with Crippen LogP contribution in [0.5, 0.6) is 5.75 Å². The van der Waals surface area contributed by atoms with E-state index < -0.39 is 6.04 Å². The molecule has 1 aromatic heterocycles. The first kappa shape index (κ1) is 22.3. The lowest BCUT2D eigenvalue weighted by molar-refractivity contribution is -0.131. The van der Waals surface area contributed by atoms with Crippen LogP contribution in [0.1, 0.15) is 31.3 Å². The number of amides is 1. The van der Waals surface area contributed by atoms with Crippen LogP contribution in [-0.4, -0.2) is 34.0 Å². The van der Waals surface area contributed by atoms with Gasteiger partial charge in [-0.2, -0.15) is 0 Å². The summed E-state index contributed by atoms with van der Waals surface area (Å²) in [5.74, 6) is 1.02. The van der Waals surface area contributed by atoms with E-state index in [4.69, 9.17) is 9.72 Å². The predicted octanol–water partition coefficient (Wildman–Crippen LogP) is 4.55. The molecule has 6 nitrogen and oxygen atoms in total. The number of benzene rings is 3. The lowest BCUT2D eigenvalue weighted by Gasteiger charge is -2.27. The van der Waals surface area contributed by atoms with Gasteiger partial charge in [-0.05, 0) is 43.7 Å². The normalized spacial score (nSPS) is 11.8. The van der Waals surface area contributed by atoms with Crippen molar-refractivity contribution in [3.05, 3.63) is 101 Å². The topological polar surface area (TPSA) is 64.4 Å². The second kappa shape index (κ2) is 9.69. The minimum Gasteiger partial charge on any atom is -0.492 e. The van der Waals surface area contributed by atoms with Gasteiger partial charge in [0, 0.05) is 7.05 Å². The van der Waals surface area contributed by atoms with Gasteiger partial charge in [-0.15, -0.1) is 0 Å². The molecule has 6 heteroatoms. The standard InChI is InChI=1S/C27H27N3O3/c1-4-33-24-17-11-10-16-23(24)30-26(28-22-15-9-8-14-21(22)27(30)32)19(2)29(3)25(31)18-20-12-6-5-7-13-20/h5-17,19H,4,18H2,1-3H3. The van der Waals surface area contributed by atoms with Gasteiger partial charge in [0.2, 0.25) is 5.91 Å². The SMILES string of the molecule is CCOc1ccccc1-n1c(C(C)N(C)C(=O)Cc2ccccc2)nc2ccccc2c1=O. The number of hydrogen-bond acceptors (Lipinski definition) is 4. The molecule has 1 unspecified atom stereocenters. The highest BCUT2D eigenvalue weighted by atomic mass is 16.5. The summed E-state index contributed by atoms with van der Waals surface area (Å²) in [5, 5.41) is 0.512. The van der Waals surface area contributed by atoms with Crippen molar-refractivity contribution in [3.63, 3.8) is 0 Å². The highest BCUT2D eigenvalue weighted by molar-refractivity contribution is 5.80. The number of likely N-dealkylation sites (N-methyl/N-ethyl adjacent to an activating group) is 1. The van der Waals surface area contributed by atoms with Gasteiger partial charge in [0.25, 0.3) is 5.56 Å². The van der Waals surface area contributed by atoms with Crippen LogP contribution in [0.4, 0.5) is 0 Å². The Morgan fingerprint density at radius 2 is 1.67 bits per heavy atom. The molecule has 168 valence electrons. The van der Waals surface area contributed by atoms with E-state index in [0.717, 1.165) is 5.56 Å². The second-order valence-electron chi connectivity index (χ2n) is 7.87. The summed E-state index contributed by atoms with van der Waals surface area (Å²) in [4.78, 5) is 33.2. The van der Waals surface area contributed by atoms with Gasteiger partial charge in [0.05, 0.1) is 35.7 Å². The molecular weight excluding hydrogens is 414 g/mol. The van der Waals surface area contributed by atoms with Crippen molar-refractivity contribution in [3.8, 4) is 11.4 Å². The third-order valence-corrected chi connectivity index (χ3v) is 5.75. The smallest absolute Gasteiger partial charge is 0.266 e. The van der Waals surface area contributed by atoms with E-state index in [-0.39, 0.29) is 17.9 Å². The number of rotatable bonds is 7. The third kappa shape index (κ3) is 4.51. The average Bonchev–Trinajstić information content (AvgIpc) is 2.84. The number of fused-ring (bicyclic) bond motifs is 1. The number of carbonyl (C=O) groups excluding carboxylic acids is 1. The van der Waals surface area contributed by atoms with E-state index in [9.17, 15) is 9.59 Å². The first-order valence-corrected chi connectivity index (χ1v) is 11.0. The number of carbonyl (C=O) groups is 1. The Balaban J connectivity index is 1.83. The maximum Gasteiger partial charge on any atom is 0.266 e. The first-order valence-electron chi connectivity index (χ1n) is 11.0. The molecule has 0 spiro atoms. The zero-order chi connectivity index (χ0) is 23.4. The van der Waals surface area contributed by atoms with E-state index in [0.29, 0.717) is 34.8 Å². The molecule has 0 saturated carbocycles. The van der Waals surface area contributed by atoms with Crippen LogP contribution in [-0.2, 0) is 11.2 Å². The summed E-state index contributed by atoms with van der Waals surface area (Å²) in [6.07, 6.45) is 0.273. The summed E-state index contributed by atoms with van der Waals surface area (Å²) in [7, 11) is 1.75. The quantitative estimate of drug-likeness (QED) is 0.422. The van der Waals surface area contributed by atoms with Crippen molar-refractivity contribution >= 4 is 16.8 Å². The lowest BCUT2D eigenvalue weighted by Crippen LogP contribution is -2.35. The van der Waals surface area contributed by atoms with Gasteiger partial charge < -0.3 is 9.64 Å². The molecule has 0 aliphatic rings. The van der Waals surface area contributed by atoms with Crippen LogP contribution >= 0.6 is 0 Å². The maximum absolute atomic E-state index is 13.7. The molecular formula is C27H27N3O3. The van der Waals surface area contributed by atoms with Crippen molar-refractivity contribution in [2.24, 2.45) is 0 Å². The zero-order valence-electron chi connectivity index (χ0n) is 19.1. The van der Waals surface area contributed by atoms with Crippen molar-refractivity contribution in [2.45, 2.75) is 26.3 Å². The van der Waals surface area contributed by atoms with E-state index in [1.807, 2.05) is 86.6 Å². The largest absolute Gasteiger partial charge is 0.492 e. The van der Waals surface area contributed by atoms with E-state index in [1.165, 1.54) is 0 Å². The van der Waals surface area contributed by atoms with E-state index in [2.05, 4.69) is 0 Å². The van der Waals surface area contributed by atoms with Crippen molar-refractivity contribution in [2.75, 3.05) is 13.7 Å². The summed E-state index contributed by atoms with van der Waals surface area (Å²) in [5.41, 5.74) is 1.94. The minimum atomic E-state index is -0.451. The van der Waals surface area contributed by atoms with Crippen LogP contribution in [0, 0.1) is 0 Å². The third-order valence-electron chi connectivity index (χ3n) is 5.75. The zero-order valence-corrected chi connectivity index (χ0v) is 19.1. The van der Waals surface area contributed by atoms with Gasteiger partial charge >= 0.3 is 0 Å². The number of para-hydroxylation sites is 3. The van der Waals surface area contributed by atoms with Crippen molar-refractivity contribution < 1.29 is 9.53 Å². The molecule has 0 N–H and O–H groups in total. The minimum absolute atomic E-state index is 0.0549. The molecule has 1 heterocycles. The van der Waals surface area contributed by atoms with Gasteiger partial charge in [0.1, 0.15) is 11.6 Å². The van der Waals surface area contributed by atoms with Crippen LogP contribution in [0.25, 0.3) is 16.6 Å². The van der Waals surface area contributed by atoms with Crippen LogP contribution in [0.15, 0.2) is 83.7 Å². The molecule has 0 bridgehead atoms.